The number of ether oxygens (including phenoxy) is 4. The first-order valence-corrected chi connectivity index (χ1v) is 14.0. The minimum Gasteiger partial charge on any atom is -0.357 e. The lowest BCUT2D eigenvalue weighted by Gasteiger charge is -2.42. The van der Waals surface area contributed by atoms with Crippen LogP contribution in [0, 0.1) is 5.92 Å². The highest BCUT2D eigenvalue weighted by Gasteiger charge is 2.37. The second kappa shape index (κ2) is 13.4. The molecule has 0 aromatic rings. The van der Waals surface area contributed by atoms with Gasteiger partial charge in [-0.1, -0.05) is 18.9 Å². The standard InChI is InChI=1S/C18H41NO4Si2/c1-5-20-16(21-6-2)24-13-15-11-9-10-12-18(15,19)14-25-17(22-7-3)23-8-4/h15-17H,5-14,19,24-25H2,1-4H3. The van der Waals surface area contributed by atoms with E-state index in [0.717, 1.165) is 38.9 Å². The van der Waals surface area contributed by atoms with Gasteiger partial charge in [-0.2, -0.15) is 0 Å². The molecule has 2 atom stereocenters. The van der Waals surface area contributed by atoms with Crippen LogP contribution in [0.4, 0.5) is 0 Å². The first-order chi connectivity index (χ1) is 12.1. The molecule has 0 radical (unpaired) electrons. The molecule has 0 spiro atoms. The van der Waals surface area contributed by atoms with Gasteiger partial charge in [0.1, 0.15) is 11.8 Å². The lowest BCUT2D eigenvalue weighted by Crippen LogP contribution is -2.51. The van der Waals surface area contributed by atoms with Crippen molar-refractivity contribution in [3.8, 4) is 0 Å². The Morgan fingerprint density at radius 3 is 1.92 bits per heavy atom. The number of nitrogens with two attached hydrogens (primary N) is 1. The zero-order chi connectivity index (χ0) is 18.5. The van der Waals surface area contributed by atoms with Gasteiger partial charge in [0, 0.05) is 32.0 Å². The van der Waals surface area contributed by atoms with Gasteiger partial charge < -0.3 is 24.7 Å². The highest BCUT2D eigenvalue weighted by atomic mass is 28.2. The Kier molecular flexibility index (Phi) is 12.5. The number of rotatable bonds is 14. The molecule has 0 saturated heterocycles. The maximum atomic E-state index is 6.94. The van der Waals surface area contributed by atoms with Crippen molar-refractivity contribution >= 4 is 19.0 Å². The Balaban J connectivity index is 2.57. The molecule has 2 N–H and O–H groups in total. The Hall–Kier alpha value is 0.234. The molecule has 0 aromatic carbocycles. The van der Waals surface area contributed by atoms with Crippen LogP contribution >= 0.6 is 0 Å². The van der Waals surface area contributed by atoms with Crippen LogP contribution in [0.3, 0.4) is 0 Å². The first kappa shape index (κ1) is 23.3. The SMILES string of the molecule is CCOC(OCC)[SiH2]CC1CCCCC1(N)C[SiH2]C(OCC)OCC. The van der Waals surface area contributed by atoms with Crippen molar-refractivity contribution in [3.63, 3.8) is 0 Å². The molecule has 0 amide bonds. The molecule has 1 aliphatic carbocycles. The Bertz CT molecular complexity index is 326. The molecule has 0 bridgehead atoms. The molecule has 1 saturated carbocycles. The van der Waals surface area contributed by atoms with Gasteiger partial charge in [0.05, 0.1) is 19.0 Å². The second-order valence-electron chi connectivity index (χ2n) is 6.97. The molecule has 2 unspecified atom stereocenters. The fourth-order valence-corrected chi connectivity index (χ4v) is 8.57. The molecule has 1 rings (SSSR count). The van der Waals surface area contributed by atoms with Crippen LogP contribution in [0.5, 0.6) is 0 Å². The van der Waals surface area contributed by atoms with Crippen LogP contribution in [0.1, 0.15) is 53.4 Å². The summed E-state index contributed by atoms with van der Waals surface area (Å²) in [5, 5.41) is 0. The summed E-state index contributed by atoms with van der Waals surface area (Å²) in [6.45, 7) is 11.1. The third-order valence-electron chi connectivity index (χ3n) is 5.26. The minimum absolute atomic E-state index is 0.0209. The van der Waals surface area contributed by atoms with E-state index in [0.29, 0.717) is 5.92 Å². The highest BCUT2D eigenvalue weighted by molar-refractivity contribution is 6.37. The van der Waals surface area contributed by atoms with Gasteiger partial charge in [-0.25, -0.2) is 0 Å². The van der Waals surface area contributed by atoms with Gasteiger partial charge >= 0.3 is 0 Å². The van der Waals surface area contributed by atoms with E-state index < -0.39 is 19.0 Å². The molecule has 1 fully saturated rings. The van der Waals surface area contributed by atoms with E-state index >= 15 is 0 Å². The zero-order valence-electron chi connectivity index (χ0n) is 16.9. The first-order valence-electron chi connectivity index (χ1n) is 10.3. The number of hydrogen-bond acceptors (Lipinski definition) is 5. The Labute approximate surface area is 159 Å². The molecule has 7 heteroatoms. The molecule has 0 heterocycles. The average Bonchev–Trinajstić information content (AvgIpc) is 2.60. The average molecular weight is 392 g/mol. The van der Waals surface area contributed by atoms with E-state index in [2.05, 4.69) is 0 Å². The maximum absolute atomic E-state index is 6.94. The van der Waals surface area contributed by atoms with E-state index in [9.17, 15) is 0 Å². The van der Waals surface area contributed by atoms with Crippen LogP contribution in [0.15, 0.2) is 0 Å². The molecular weight excluding hydrogens is 350 g/mol. The van der Waals surface area contributed by atoms with Crippen molar-refractivity contribution in [2.75, 3.05) is 26.4 Å². The zero-order valence-corrected chi connectivity index (χ0v) is 19.8. The quantitative estimate of drug-likeness (QED) is 0.361. The largest absolute Gasteiger partial charge is 0.357 e. The lowest BCUT2D eigenvalue weighted by molar-refractivity contribution is -0.0840. The topological polar surface area (TPSA) is 62.9 Å². The predicted molar refractivity (Wildman–Crippen MR) is 110 cm³/mol. The smallest absolute Gasteiger partial charge is 0.134 e. The van der Waals surface area contributed by atoms with Crippen LogP contribution in [-0.4, -0.2) is 62.8 Å². The summed E-state index contributed by atoms with van der Waals surface area (Å²) in [7, 11) is -0.940. The summed E-state index contributed by atoms with van der Waals surface area (Å²) in [6.07, 6.45) is 4.99. The van der Waals surface area contributed by atoms with Crippen LogP contribution < -0.4 is 5.73 Å². The highest BCUT2D eigenvalue weighted by Crippen LogP contribution is 2.37. The van der Waals surface area contributed by atoms with E-state index in [1.165, 1.54) is 25.3 Å². The van der Waals surface area contributed by atoms with Gasteiger partial charge in [-0.3, -0.25) is 0 Å². The summed E-state index contributed by atoms with van der Waals surface area (Å²) in [5.74, 6) is 0.695. The van der Waals surface area contributed by atoms with E-state index in [1.807, 2.05) is 27.7 Å². The van der Waals surface area contributed by atoms with Crippen molar-refractivity contribution < 1.29 is 18.9 Å². The van der Waals surface area contributed by atoms with Gasteiger partial charge in [0.2, 0.25) is 0 Å². The maximum Gasteiger partial charge on any atom is 0.134 e. The third kappa shape index (κ3) is 8.64. The fourth-order valence-electron chi connectivity index (χ4n) is 3.99. The van der Waals surface area contributed by atoms with Crippen molar-refractivity contribution in [2.45, 2.75) is 82.8 Å². The van der Waals surface area contributed by atoms with Gasteiger partial charge in [0.25, 0.3) is 0 Å². The second-order valence-corrected chi connectivity index (χ2v) is 10.5. The summed E-state index contributed by atoms with van der Waals surface area (Å²) < 4.78 is 23.1. The van der Waals surface area contributed by atoms with E-state index in [-0.39, 0.29) is 17.4 Å². The van der Waals surface area contributed by atoms with Crippen molar-refractivity contribution in [1.82, 2.24) is 0 Å². The normalized spacial score (nSPS) is 25.3. The fraction of sp³-hybridized carbons (Fsp3) is 1.00. The van der Waals surface area contributed by atoms with E-state index in [1.54, 1.807) is 0 Å². The Morgan fingerprint density at radius 1 is 0.880 bits per heavy atom. The van der Waals surface area contributed by atoms with E-state index in [4.69, 9.17) is 24.7 Å². The summed E-state index contributed by atoms with van der Waals surface area (Å²) in [5.41, 5.74) is 6.92. The Morgan fingerprint density at radius 2 is 1.40 bits per heavy atom. The van der Waals surface area contributed by atoms with Crippen molar-refractivity contribution in [1.29, 1.82) is 0 Å². The van der Waals surface area contributed by atoms with Crippen molar-refractivity contribution in [2.24, 2.45) is 11.7 Å². The number of hydrogen-bond donors (Lipinski definition) is 1. The molecule has 150 valence electrons. The van der Waals surface area contributed by atoms with Crippen molar-refractivity contribution in [3.05, 3.63) is 0 Å². The summed E-state index contributed by atoms with van der Waals surface area (Å²) in [4.78, 5) is 0. The van der Waals surface area contributed by atoms with Crippen LogP contribution in [0.25, 0.3) is 0 Å². The lowest BCUT2D eigenvalue weighted by atomic mass is 9.75. The monoisotopic (exact) mass is 391 g/mol. The van der Waals surface area contributed by atoms with Crippen LogP contribution in [0.2, 0.25) is 12.1 Å². The molecule has 0 aliphatic heterocycles. The summed E-state index contributed by atoms with van der Waals surface area (Å²) in [6, 6.07) is 2.34. The van der Waals surface area contributed by atoms with Crippen LogP contribution in [-0.2, 0) is 18.9 Å². The molecule has 5 nitrogen and oxygen atoms in total. The summed E-state index contributed by atoms with van der Waals surface area (Å²) >= 11 is 0. The molecular formula is C18H41NO4Si2. The molecule has 0 aromatic heterocycles. The van der Waals surface area contributed by atoms with Gasteiger partial charge in [-0.05, 0) is 52.5 Å². The third-order valence-corrected chi connectivity index (χ3v) is 9.40. The minimum atomic E-state index is -0.502. The molecule has 25 heavy (non-hydrogen) atoms. The van der Waals surface area contributed by atoms with Gasteiger partial charge in [-0.15, -0.1) is 0 Å². The predicted octanol–water partition coefficient (Wildman–Crippen LogP) is 1.76. The molecule has 1 aliphatic rings. The van der Waals surface area contributed by atoms with Gasteiger partial charge in [0.15, 0.2) is 0 Å².